The molecule has 0 saturated carbocycles. The molecular weight excluding hydrogens is 424 g/mol. The van der Waals surface area contributed by atoms with Gasteiger partial charge in [0.2, 0.25) is 0 Å². The Kier molecular flexibility index (Phi) is 7.44. The fourth-order valence-electron chi connectivity index (χ4n) is 2.27. The van der Waals surface area contributed by atoms with Crippen LogP contribution in [0.1, 0.15) is 17.2 Å². The number of carbonyl (C=O) groups excluding carboxylic acids is 1. The highest BCUT2D eigenvalue weighted by Gasteiger charge is 2.19. The molecule has 0 radical (unpaired) electrons. The number of benzene rings is 2. The number of ether oxygens (including phenoxy) is 3. The van der Waals surface area contributed by atoms with Crippen molar-refractivity contribution in [3.05, 3.63) is 57.0 Å². The van der Waals surface area contributed by atoms with Gasteiger partial charge in [-0.05, 0) is 51.3 Å². The quantitative estimate of drug-likeness (QED) is 0.522. The van der Waals surface area contributed by atoms with Crippen LogP contribution < -0.4 is 14.9 Å². The standard InChI is InChI=1S/C18H18BrClN2O4/c1-24-15-9-11(8-14(19)17(15)26-3)10-21-22-18(23)16(25-2)12-4-6-13(20)7-5-12/h4-10,16H,1-3H3,(H,22,23). The Bertz CT molecular complexity index is 797. The summed E-state index contributed by atoms with van der Waals surface area (Å²) >= 11 is 9.27. The minimum Gasteiger partial charge on any atom is -0.493 e. The third-order valence-corrected chi connectivity index (χ3v) is 4.33. The summed E-state index contributed by atoms with van der Waals surface area (Å²) < 4.78 is 16.5. The molecule has 2 aromatic carbocycles. The first kappa shape index (κ1) is 20.2. The number of halogens is 2. The molecule has 0 fully saturated rings. The molecule has 0 spiro atoms. The van der Waals surface area contributed by atoms with Crippen molar-refractivity contribution >= 4 is 39.7 Å². The van der Waals surface area contributed by atoms with Gasteiger partial charge in [0.05, 0.1) is 24.9 Å². The van der Waals surface area contributed by atoms with Crippen LogP contribution in [0, 0.1) is 0 Å². The van der Waals surface area contributed by atoms with Crippen LogP contribution in [0.3, 0.4) is 0 Å². The van der Waals surface area contributed by atoms with E-state index >= 15 is 0 Å². The summed E-state index contributed by atoms with van der Waals surface area (Å²) in [7, 11) is 4.55. The number of nitrogens with one attached hydrogen (secondary N) is 1. The topological polar surface area (TPSA) is 69.2 Å². The van der Waals surface area contributed by atoms with Crippen LogP contribution in [0.2, 0.25) is 5.02 Å². The van der Waals surface area contributed by atoms with E-state index in [9.17, 15) is 4.79 Å². The van der Waals surface area contributed by atoms with E-state index in [1.165, 1.54) is 13.3 Å². The molecule has 8 heteroatoms. The Hall–Kier alpha value is -2.09. The molecule has 1 atom stereocenters. The summed E-state index contributed by atoms with van der Waals surface area (Å²) in [6.07, 6.45) is 0.709. The molecule has 0 aliphatic rings. The van der Waals surface area contributed by atoms with Crippen LogP contribution in [0.4, 0.5) is 0 Å². The van der Waals surface area contributed by atoms with E-state index in [0.717, 1.165) is 5.56 Å². The van der Waals surface area contributed by atoms with Crippen LogP contribution >= 0.6 is 27.5 Å². The maximum atomic E-state index is 12.3. The van der Waals surface area contributed by atoms with Crippen LogP contribution in [-0.4, -0.2) is 33.5 Å². The van der Waals surface area contributed by atoms with Gasteiger partial charge in [-0.25, -0.2) is 5.43 Å². The first-order valence-electron chi connectivity index (χ1n) is 7.52. The van der Waals surface area contributed by atoms with Crippen molar-refractivity contribution in [2.45, 2.75) is 6.10 Å². The zero-order valence-corrected chi connectivity index (χ0v) is 16.8. The van der Waals surface area contributed by atoms with Gasteiger partial charge in [0, 0.05) is 12.1 Å². The second-order valence-corrected chi connectivity index (χ2v) is 6.43. The van der Waals surface area contributed by atoms with Crippen LogP contribution in [0.25, 0.3) is 0 Å². The molecule has 1 amide bonds. The fraction of sp³-hybridized carbons (Fsp3) is 0.222. The highest BCUT2D eigenvalue weighted by molar-refractivity contribution is 9.10. The van der Waals surface area contributed by atoms with Crippen LogP contribution in [-0.2, 0) is 9.53 Å². The van der Waals surface area contributed by atoms with Crippen molar-refractivity contribution in [1.82, 2.24) is 5.43 Å². The molecule has 0 aliphatic carbocycles. The summed E-state index contributed by atoms with van der Waals surface area (Å²) in [6.45, 7) is 0. The van der Waals surface area contributed by atoms with Gasteiger partial charge in [0.1, 0.15) is 0 Å². The summed E-state index contributed by atoms with van der Waals surface area (Å²) in [6, 6.07) is 10.4. The predicted molar refractivity (Wildman–Crippen MR) is 104 cm³/mol. The highest BCUT2D eigenvalue weighted by atomic mass is 79.9. The lowest BCUT2D eigenvalue weighted by Gasteiger charge is -2.13. The summed E-state index contributed by atoms with van der Waals surface area (Å²) in [5, 5.41) is 4.56. The largest absolute Gasteiger partial charge is 0.493 e. The van der Waals surface area contributed by atoms with Gasteiger partial charge in [-0.2, -0.15) is 5.10 Å². The van der Waals surface area contributed by atoms with Gasteiger partial charge in [-0.1, -0.05) is 23.7 Å². The number of amides is 1. The van der Waals surface area contributed by atoms with E-state index < -0.39 is 12.0 Å². The average Bonchev–Trinajstić information content (AvgIpc) is 2.63. The highest BCUT2D eigenvalue weighted by Crippen LogP contribution is 2.35. The maximum absolute atomic E-state index is 12.3. The lowest BCUT2D eigenvalue weighted by atomic mass is 10.1. The Labute approximate surface area is 165 Å². The number of carbonyl (C=O) groups is 1. The van der Waals surface area contributed by atoms with Gasteiger partial charge in [0.15, 0.2) is 17.6 Å². The monoisotopic (exact) mass is 440 g/mol. The molecule has 1 unspecified atom stereocenters. The number of hydrogen-bond acceptors (Lipinski definition) is 5. The van der Waals surface area contributed by atoms with Crippen molar-refractivity contribution in [3.8, 4) is 11.5 Å². The van der Waals surface area contributed by atoms with E-state index in [2.05, 4.69) is 26.5 Å². The zero-order valence-electron chi connectivity index (χ0n) is 14.5. The molecule has 0 aromatic heterocycles. The van der Waals surface area contributed by atoms with Gasteiger partial charge >= 0.3 is 0 Å². The van der Waals surface area contributed by atoms with Crippen molar-refractivity contribution in [2.24, 2.45) is 5.10 Å². The van der Waals surface area contributed by atoms with Gasteiger partial charge < -0.3 is 14.2 Å². The minimum atomic E-state index is -0.790. The number of hydrogen-bond donors (Lipinski definition) is 1. The summed E-state index contributed by atoms with van der Waals surface area (Å²) in [5.41, 5.74) is 3.86. The third kappa shape index (κ3) is 4.97. The lowest BCUT2D eigenvalue weighted by Crippen LogP contribution is -2.26. The predicted octanol–water partition coefficient (Wildman–Crippen LogP) is 3.96. The van der Waals surface area contributed by atoms with Crippen LogP contribution in [0.5, 0.6) is 11.5 Å². The summed E-state index contributed by atoms with van der Waals surface area (Å²) in [4.78, 5) is 12.3. The molecule has 6 nitrogen and oxygen atoms in total. The molecule has 138 valence electrons. The molecular formula is C18H18BrClN2O4. The molecule has 0 bridgehead atoms. The minimum absolute atomic E-state index is 0.398. The number of methoxy groups -OCH3 is 3. The fourth-order valence-corrected chi connectivity index (χ4v) is 3.02. The Morgan fingerprint density at radius 1 is 1.19 bits per heavy atom. The Balaban J connectivity index is 2.10. The lowest BCUT2D eigenvalue weighted by molar-refractivity contribution is -0.131. The molecule has 2 aromatic rings. The normalized spacial score (nSPS) is 12.0. The number of rotatable bonds is 7. The number of hydrazone groups is 1. The number of nitrogens with zero attached hydrogens (tertiary/aromatic N) is 1. The van der Waals surface area contributed by atoms with Gasteiger partial charge in [-0.3, -0.25) is 4.79 Å². The average molecular weight is 442 g/mol. The second kappa shape index (κ2) is 9.56. The van der Waals surface area contributed by atoms with E-state index in [1.54, 1.807) is 50.6 Å². The molecule has 0 saturated heterocycles. The smallest absolute Gasteiger partial charge is 0.273 e. The second-order valence-electron chi connectivity index (χ2n) is 5.14. The van der Waals surface area contributed by atoms with Gasteiger partial charge in [-0.15, -0.1) is 0 Å². The van der Waals surface area contributed by atoms with Gasteiger partial charge in [0.25, 0.3) is 5.91 Å². The summed E-state index contributed by atoms with van der Waals surface area (Å²) in [5.74, 6) is 0.729. The molecule has 1 N–H and O–H groups in total. The van der Waals surface area contributed by atoms with E-state index in [0.29, 0.717) is 26.6 Å². The Morgan fingerprint density at radius 2 is 1.88 bits per heavy atom. The van der Waals surface area contributed by atoms with E-state index in [1.807, 2.05) is 0 Å². The molecule has 26 heavy (non-hydrogen) atoms. The SMILES string of the molecule is COc1cc(C=NNC(=O)C(OC)c2ccc(Cl)cc2)cc(Br)c1OC. The van der Waals surface area contributed by atoms with E-state index in [4.69, 9.17) is 25.8 Å². The zero-order chi connectivity index (χ0) is 19.1. The molecule has 2 rings (SSSR count). The maximum Gasteiger partial charge on any atom is 0.273 e. The van der Waals surface area contributed by atoms with Crippen molar-refractivity contribution in [3.63, 3.8) is 0 Å². The third-order valence-electron chi connectivity index (χ3n) is 3.49. The molecule has 0 aliphatic heterocycles. The first-order valence-corrected chi connectivity index (χ1v) is 8.70. The van der Waals surface area contributed by atoms with Crippen molar-refractivity contribution < 1.29 is 19.0 Å². The first-order chi connectivity index (χ1) is 12.5. The van der Waals surface area contributed by atoms with Crippen molar-refractivity contribution in [2.75, 3.05) is 21.3 Å². The van der Waals surface area contributed by atoms with Crippen molar-refractivity contribution in [1.29, 1.82) is 0 Å². The Morgan fingerprint density at radius 3 is 2.46 bits per heavy atom. The van der Waals surface area contributed by atoms with E-state index in [-0.39, 0.29) is 0 Å². The van der Waals surface area contributed by atoms with Crippen LogP contribution in [0.15, 0.2) is 46.0 Å². The molecule has 0 heterocycles.